The number of rotatable bonds is 8. The Morgan fingerprint density at radius 3 is 2.75 bits per heavy atom. The van der Waals surface area contributed by atoms with Crippen LogP contribution in [0.5, 0.6) is 0 Å². The molecule has 3 aromatic heterocycles. The maximum absolute atomic E-state index is 12.1. The van der Waals surface area contributed by atoms with Gasteiger partial charge in [-0.1, -0.05) is 29.4 Å². The van der Waals surface area contributed by atoms with Crippen molar-refractivity contribution >= 4 is 5.91 Å². The fourth-order valence-corrected chi connectivity index (χ4v) is 2.73. The highest BCUT2D eigenvalue weighted by atomic mass is 16.5. The molecule has 0 radical (unpaired) electrons. The smallest absolute Gasteiger partial charge is 0.238 e. The lowest BCUT2D eigenvalue weighted by Crippen LogP contribution is -2.23. The quantitative estimate of drug-likeness (QED) is 0.507. The molecule has 0 bridgehead atoms. The van der Waals surface area contributed by atoms with Crippen LogP contribution in [-0.2, 0) is 24.3 Å². The van der Waals surface area contributed by atoms with Crippen molar-refractivity contribution in [1.82, 2.24) is 25.0 Å². The van der Waals surface area contributed by atoms with Crippen LogP contribution in [0, 0.1) is 0 Å². The van der Waals surface area contributed by atoms with Gasteiger partial charge in [-0.3, -0.25) is 4.79 Å². The van der Waals surface area contributed by atoms with Gasteiger partial charge in [-0.2, -0.15) is 4.98 Å². The minimum Gasteiger partial charge on any atom is -0.461 e. The van der Waals surface area contributed by atoms with Gasteiger partial charge in [-0.05, 0) is 23.3 Å². The van der Waals surface area contributed by atoms with Crippen molar-refractivity contribution in [2.45, 2.75) is 25.9 Å². The number of furan rings is 1. The first-order valence-electron chi connectivity index (χ1n) is 8.93. The molecular weight excluding hydrogens is 358 g/mol. The second-order valence-corrected chi connectivity index (χ2v) is 6.32. The monoisotopic (exact) mass is 377 g/mol. The molecule has 1 N–H and O–H groups in total. The number of aromatic nitrogens is 4. The van der Waals surface area contributed by atoms with Gasteiger partial charge in [0.2, 0.25) is 17.6 Å². The van der Waals surface area contributed by atoms with E-state index in [-0.39, 0.29) is 12.3 Å². The van der Waals surface area contributed by atoms with E-state index in [4.69, 9.17) is 8.94 Å². The van der Waals surface area contributed by atoms with E-state index >= 15 is 0 Å². The molecular formula is C20H19N5O3. The number of hydrogen-bond donors (Lipinski definition) is 1. The fraction of sp³-hybridized carbons (Fsp3) is 0.200. The molecule has 3 heterocycles. The SMILES string of the molecule is O=C(CCc1nc(-c2ccco2)no1)NCc1ccc(Cn2ccnc2)cc1. The molecule has 0 aliphatic heterocycles. The van der Waals surface area contributed by atoms with Gasteiger partial charge in [0.25, 0.3) is 0 Å². The standard InChI is InChI=1S/C20H19N5O3/c26-18(7-8-19-23-20(24-28-19)17-2-1-11-27-17)22-12-15-3-5-16(6-4-15)13-25-10-9-21-14-25/h1-6,9-11,14H,7-8,12-13H2,(H,22,26). The molecule has 0 unspecified atom stereocenters. The summed E-state index contributed by atoms with van der Waals surface area (Å²) in [5.74, 6) is 1.26. The highest BCUT2D eigenvalue weighted by Gasteiger charge is 2.12. The average Bonchev–Trinajstić information content (AvgIpc) is 3.48. The zero-order chi connectivity index (χ0) is 19.2. The van der Waals surface area contributed by atoms with Crippen LogP contribution in [0.3, 0.4) is 0 Å². The number of benzene rings is 1. The van der Waals surface area contributed by atoms with Crippen LogP contribution >= 0.6 is 0 Å². The van der Waals surface area contributed by atoms with Crippen LogP contribution in [0.4, 0.5) is 0 Å². The van der Waals surface area contributed by atoms with Crippen molar-refractivity contribution < 1.29 is 13.7 Å². The second-order valence-electron chi connectivity index (χ2n) is 6.32. The predicted octanol–water partition coefficient (Wildman–Crippen LogP) is 2.82. The fourth-order valence-electron chi connectivity index (χ4n) is 2.73. The topological polar surface area (TPSA) is 99.0 Å². The van der Waals surface area contributed by atoms with Crippen molar-refractivity contribution in [3.8, 4) is 11.6 Å². The van der Waals surface area contributed by atoms with Crippen LogP contribution in [0.2, 0.25) is 0 Å². The number of hydrogen-bond acceptors (Lipinski definition) is 6. The zero-order valence-electron chi connectivity index (χ0n) is 15.1. The van der Waals surface area contributed by atoms with Gasteiger partial charge in [0.05, 0.1) is 12.6 Å². The third-order valence-electron chi connectivity index (χ3n) is 4.21. The van der Waals surface area contributed by atoms with Crippen molar-refractivity contribution in [3.05, 3.63) is 78.4 Å². The number of carbonyl (C=O) groups is 1. The summed E-state index contributed by atoms with van der Waals surface area (Å²) < 4.78 is 12.4. The van der Waals surface area contributed by atoms with Crippen molar-refractivity contribution in [2.75, 3.05) is 0 Å². The Labute approximate surface area is 161 Å². The van der Waals surface area contributed by atoms with Crippen molar-refractivity contribution in [2.24, 2.45) is 0 Å². The van der Waals surface area contributed by atoms with Crippen molar-refractivity contribution in [3.63, 3.8) is 0 Å². The Kier molecular flexibility index (Phi) is 5.28. The Hall–Kier alpha value is -3.68. The third-order valence-corrected chi connectivity index (χ3v) is 4.21. The van der Waals surface area contributed by atoms with Gasteiger partial charge in [0, 0.05) is 38.3 Å². The maximum atomic E-state index is 12.1. The number of carbonyl (C=O) groups excluding carboxylic acids is 1. The first-order chi connectivity index (χ1) is 13.8. The minimum atomic E-state index is -0.0692. The maximum Gasteiger partial charge on any atom is 0.238 e. The minimum absolute atomic E-state index is 0.0692. The van der Waals surface area contributed by atoms with Gasteiger partial charge in [-0.15, -0.1) is 0 Å². The van der Waals surface area contributed by atoms with Gasteiger partial charge in [-0.25, -0.2) is 4.98 Å². The molecule has 0 aliphatic rings. The second kappa shape index (κ2) is 8.34. The van der Waals surface area contributed by atoms with Gasteiger partial charge < -0.3 is 18.8 Å². The van der Waals surface area contributed by atoms with E-state index < -0.39 is 0 Å². The van der Waals surface area contributed by atoms with E-state index in [0.29, 0.717) is 30.4 Å². The molecule has 4 aromatic rings. The Bertz CT molecular complexity index is 1000. The summed E-state index contributed by atoms with van der Waals surface area (Å²) in [5.41, 5.74) is 2.22. The summed E-state index contributed by atoms with van der Waals surface area (Å²) in [6, 6.07) is 11.6. The van der Waals surface area contributed by atoms with Crippen LogP contribution in [0.25, 0.3) is 11.6 Å². The molecule has 0 fully saturated rings. The largest absolute Gasteiger partial charge is 0.461 e. The number of nitrogens with zero attached hydrogens (tertiary/aromatic N) is 4. The van der Waals surface area contributed by atoms with E-state index in [9.17, 15) is 4.79 Å². The lowest BCUT2D eigenvalue weighted by molar-refractivity contribution is -0.121. The van der Waals surface area contributed by atoms with Crippen LogP contribution in [-0.4, -0.2) is 25.6 Å². The first kappa shape index (κ1) is 17.7. The van der Waals surface area contributed by atoms with Crippen LogP contribution < -0.4 is 5.32 Å². The molecule has 0 saturated heterocycles. The summed E-state index contributed by atoms with van der Waals surface area (Å²) in [6.07, 6.45) is 7.67. The van der Waals surface area contributed by atoms with E-state index in [1.807, 2.05) is 22.9 Å². The predicted molar refractivity (Wildman–Crippen MR) is 99.9 cm³/mol. The van der Waals surface area contributed by atoms with Gasteiger partial charge >= 0.3 is 0 Å². The summed E-state index contributed by atoms with van der Waals surface area (Å²) in [6.45, 7) is 1.25. The van der Waals surface area contributed by atoms with Gasteiger partial charge in [0.15, 0.2) is 5.76 Å². The molecule has 0 saturated carbocycles. The molecule has 1 aromatic carbocycles. The van der Waals surface area contributed by atoms with E-state index in [0.717, 1.165) is 12.1 Å². The lowest BCUT2D eigenvalue weighted by atomic mass is 10.1. The Morgan fingerprint density at radius 1 is 1.14 bits per heavy atom. The summed E-state index contributed by atoms with van der Waals surface area (Å²) in [4.78, 5) is 20.3. The Morgan fingerprint density at radius 2 is 2.00 bits per heavy atom. The van der Waals surface area contributed by atoms with Gasteiger partial charge in [0.1, 0.15) is 0 Å². The van der Waals surface area contributed by atoms with Crippen LogP contribution in [0.15, 0.2) is 70.3 Å². The summed E-state index contributed by atoms with van der Waals surface area (Å²) >= 11 is 0. The molecule has 4 rings (SSSR count). The van der Waals surface area contributed by atoms with Crippen LogP contribution in [0.1, 0.15) is 23.4 Å². The van der Waals surface area contributed by atoms with E-state index in [1.165, 1.54) is 5.56 Å². The number of amides is 1. The number of imidazole rings is 1. The van der Waals surface area contributed by atoms with E-state index in [1.54, 1.807) is 30.9 Å². The normalized spacial score (nSPS) is 10.9. The first-order valence-corrected chi connectivity index (χ1v) is 8.93. The lowest BCUT2D eigenvalue weighted by Gasteiger charge is -2.07. The number of nitrogens with one attached hydrogen (secondary N) is 1. The summed E-state index contributed by atoms with van der Waals surface area (Å²) in [5, 5.41) is 6.75. The average molecular weight is 377 g/mol. The molecule has 0 atom stereocenters. The molecule has 28 heavy (non-hydrogen) atoms. The molecule has 0 spiro atoms. The van der Waals surface area contributed by atoms with Crippen molar-refractivity contribution in [1.29, 1.82) is 0 Å². The molecule has 8 nitrogen and oxygen atoms in total. The molecule has 8 heteroatoms. The molecule has 1 amide bonds. The third kappa shape index (κ3) is 4.53. The zero-order valence-corrected chi connectivity index (χ0v) is 15.1. The summed E-state index contributed by atoms with van der Waals surface area (Å²) in [7, 11) is 0. The Balaban J connectivity index is 1.22. The number of aryl methyl sites for hydroxylation is 1. The highest BCUT2D eigenvalue weighted by molar-refractivity contribution is 5.76. The van der Waals surface area contributed by atoms with E-state index in [2.05, 4.69) is 32.6 Å². The molecule has 0 aliphatic carbocycles. The highest BCUT2D eigenvalue weighted by Crippen LogP contribution is 2.16. The molecule has 142 valence electrons.